The lowest BCUT2D eigenvalue weighted by molar-refractivity contribution is -0.312. The van der Waals surface area contributed by atoms with Gasteiger partial charge in [-0.05, 0) is 61.8 Å². The molecule has 42 heavy (non-hydrogen) atoms. The Morgan fingerprint density at radius 3 is 2.50 bits per heavy atom. The molecule has 0 bridgehead atoms. The number of methoxy groups -OCH3 is 1. The Kier molecular flexibility index (Phi) is 9.42. The monoisotopic (exact) mass is 614 g/mol. The second-order valence-electron chi connectivity index (χ2n) is 11.1. The number of nitrogens with zero attached hydrogens (tertiary/aromatic N) is 2. The minimum absolute atomic E-state index is 0.0275. The van der Waals surface area contributed by atoms with Gasteiger partial charge >= 0.3 is 0 Å². The van der Waals surface area contributed by atoms with E-state index >= 15 is 0 Å². The van der Waals surface area contributed by atoms with Crippen LogP contribution in [0, 0.1) is 5.92 Å². The van der Waals surface area contributed by atoms with E-state index in [4.69, 9.17) is 32.7 Å². The van der Waals surface area contributed by atoms with Crippen LogP contribution in [0.15, 0.2) is 42.6 Å². The molecular weight excluding hydrogens is 581 g/mol. The molecule has 9 nitrogen and oxygen atoms in total. The Morgan fingerprint density at radius 1 is 1.05 bits per heavy atom. The molecule has 2 aromatic carbocycles. The zero-order chi connectivity index (χ0) is 30.0. The van der Waals surface area contributed by atoms with Crippen molar-refractivity contribution in [1.82, 2.24) is 9.47 Å². The number of aliphatic carboxylic acids is 1. The lowest BCUT2D eigenvalue weighted by Gasteiger charge is -2.31. The third-order valence-corrected chi connectivity index (χ3v) is 9.09. The zero-order valence-electron chi connectivity index (χ0n) is 23.6. The first-order valence-corrected chi connectivity index (χ1v) is 14.9. The van der Waals surface area contributed by atoms with Crippen molar-refractivity contribution in [2.45, 2.75) is 56.8 Å². The summed E-state index contributed by atoms with van der Waals surface area (Å²) in [5.41, 5.74) is 2.36. The number of benzene rings is 2. The van der Waals surface area contributed by atoms with Gasteiger partial charge in [-0.3, -0.25) is 9.59 Å². The number of carboxylic acid groups (broad SMARTS) is 1. The topological polar surface area (TPSA) is 113 Å². The fourth-order valence-electron chi connectivity index (χ4n) is 6.02. The number of aromatic nitrogens is 1. The van der Waals surface area contributed by atoms with Gasteiger partial charge in [-0.1, -0.05) is 41.4 Å². The first-order valence-electron chi connectivity index (χ1n) is 14.1. The number of likely N-dealkylation sites (tertiary alicyclic amines) is 1. The van der Waals surface area contributed by atoms with Gasteiger partial charge in [0.2, 0.25) is 5.91 Å². The molecule has 1 aliphatic heterocycles. The normalized spacial score (nSPS) is 22.4. The summed E-state index contributed by atoms with van der Waals surface area (Å²) in [6.07, 6.45) is 4.69. The van der Waals surface area contributed by atoms with E-state index in [9.17, 15) is 19.5 Å². The summed E-state index contributed by atoms with van der Waals surface area (Å²) >= 11 is 13.1. The fourth-order valence-corrected chi connectivity index (χ4v) is 6.48. The van der Waals surface area contributed by atoms with E-state index in [1.165, 1.54) is 0 Å². The number of carbonyl (C=O) groups excluding carboxylic acids is 3. The van der Waals surface area contributed by atoms with Gasteiger partial charge in [-0.2, -0.15) is 0 Å². The molecule has 2 atom stereocenters. The molecule has 5 rings (SSSR count). The third-order valence-electron chi connectivity index (χ3n) is 8.43. The Balaban J connectivity index is 1.23. The molecule has 0 unspecified atom stereocenters. The molecule has 3 aromatic rings. The van der Waals surface area contributed by atoms with Crippen molar-refractivity contribution in [1.29, 1.82) is 0 Å². The highest BCUT2D eigenvalue weighted by molar-refractivity contribution is 6.36. The Labute approximate surface area is 254 Å². The van der Waals surface area contributed by atoms with Crippen LogP contribution in [0.3, 0.4) is 0 Å². The van der Waals surface area contributed by atoms with Crippen LogP contribution in [0.5, 0.6) is 0 Å². The summed E-state index contributed by atoms with van der Waals surface area (Å²) in [5.74, 6) is -1.86. The van der Waals surface area contributed by atoms with Crippen LogP contribution >= 0.6 is 23.2 Å². The molecule has 1 N–H and O–H groups in total. The molecule has 2 aliphatic rings. The van der Waals surface area contributed by atoms with Crippen molar-refractivity contribution < 1.29 is 29.0 Å². The minimum Gasteiger partial charge on any atom is -0.550 e. The second-order valence-corrected chi connectivity index (χ2v) is 12.0. The molecule has 1 saturated carbocycles. The predicted octanol–water partition coefficient (Wildman–Crippen LogP) is 4.22. The predicted molar refractivity (Wildman–Crippen MR) is 159 cm³/mol. The number of halogens is 2. The van der Waals surface area contributed by atoms with Crippen molar-refractivity contribution in [2.24, 2.45) is 13.0 Å². The quantitative estimate of drug-likeness (QED) is 0.386. The van der Waals surface area contributed by atoms with Crippen LogP contribution in [0.1, 0.15) is 48.0 Å². The van der Waals surface area contributed by atoms with Gasteiger partial charge in [0.25, 0.3) is 5.91 Å². The van der Waals surface area contributed by atoms with Crippen LogP contribution in [-0.4, -0.2) is 65.8 Å². The van der Waals surface area contributed by atoms with Crippen molar-refractivity contribution in [3.8, 4) is 0 Å². The van der Waals surface area contributed by atoms with Gasteiger partial charge in [0.1, 0.15) is 0 Å². The number of ether oxygens (including phenoxy) is 2. The molecule has 224 valence electrons. The number of hydrogen-bond acceptors (Lipinski definition) is 6. The maximum Gasteiger partial charge on any atom is 0.257 e. The molecule has 2 amide bonds. The van der Waals surface area contributed by atoms with Crippen LogP contribution < -0.4 is 10.4 Å². The first-order chi connectivity index (χ1) is 20.1. The summed E-state index contributed by atoms with van der Waals surface area (Å²) in [7, 11) is 3.50. The molecule has 1 saturated heterocycles. The zero-order valence-corrected chi connectivity index (χ0v) is 25.1. The van der Waals surface area contributed by atoms with Gasteiger partial charge in [0.15, 0.2) is 0 Å². The molecule has 0 spiro atoms. The number of para-hydroxylation sites is 1. The van der Waals surface area contributed by atoms with E-state index < -0.39 is 11.9 Å². The van der Waals surface area contributed by atoms with Crippen molar-refractivity contribution in [2.75, 3.05) is 25.6 Å². The van der Waals surface area contributed by atoms with E-state index in [1.807, 2.05) is 35.9 Å². The van der Waals surface area contributed by atoms with Crippen molar-refractivity contribution in [3.05, 3.63) is 63.8 Å². The summed E-state index contributed by atoms with van der Waals surface area (Å²) < 4.78 is 13.6. The lowest BCUT2D eigenvalue weighted by atomic mass is 9.87. The van der Waals surface area contributed by atoms with Gasteiger partial charge in [-0.15, -0.1) is 0 Å². The molecule has 11 heteroatoms. The average Bonchev–Trinajstić information content (AvgIpc) is 3.56. The van der Waals surface area contributed by atoms with Crippen molar-refractivity contribution >= 4 is 57.6 Å². The minimum atomic E-state index is -0.997. The smallest absolute Gasteiger partial charge is 0.257 e. The molecule has 1 aliphatic carbocycles. The Hall–Kier alpha value is -3.11. The number of rotatable bonds is 9. The van der Waals surface area contributed by atoms with Crippen LogP contribution in [0.4, 0.5) is 5.69 Å². The molecule has 2 heterocycles. The average molecular weight is 616 g/mol. The van der Waals surface area contributed by atoms with E-state index in [0.29, 0.717) is 67.1 Å². The van der Waals surface area contributed by atoms with E-state index in [-0.39, 0.29) is 41.5 Å². The lowest BCUT2D eigenvalue weighted by Crippen LogP contribution is -2.41. The number of carbonyl (C=O) groups is 3. The number of amides is 2. The number of fused-ring (bicyclic) bond motifs is 1. The van der Waals surface area contributed by atoms with Crippen molar-refractivity contribution in [3.63, 3.8) is 0 Å². The summed E-state index contributed by atoms with van der Waals surface area (Å²) in [4.78, 5) is 39.5. The summed E-state index contributed by atoms with van der Waals surface area (Å²) in [6.45, 7) is 0.783. The summed E-state index contributed by atoms with van der Waals surface area (Å²) in [6, 6.07) is 10.6. The largest absolute Gasteiger partial charge is 0.550 e. The van der Waals surface area contributed by atoms with Crippen LogP contribution in [-0.2, 0) is 32.5 Å². The van der Waals surface area contributed by atoms with Gasteiger partial charge in [0.05, 0.1) is 47.6 Å². The number of nitrogens with one attached hydrogen (secondary N) is 1. The highest BCUT2D eigenvalue weighted by atomic mass is 35.5. The molecular formula is C31H34Cl2N3O6-. The first kappa shape index (κ1) is 30.4. The fraction of sp³-hybridized carbons (Fsp3) is 0.452. The molecule has 2 fully saturated rings. The van der Waals surface area contributed by atoms with Crippen LogP contribution in [0.2, 0.25) is 10.0 Å². The maximum atomic E-state index is 13.5. The van der Waals surface area contributed by atoms with E-state index in [2.05, 4.69) is 5.32 Å². The van der Waals surface area contributed by atoms with Gasteiger partial charge in [0, 0.05) is 48.8 Å². The Bertz CT molecular complexity index is 1480. The molecule has 1 aromatic heterocycles. The van der Waals surface area contributed by atoms with Gasteiger partial charge in [-0.25, -0.2) is 0 Å². The number of anilines is 1. The standard InChI is InChI=1S/C31H35Cl2N3O6/c1-35-16-24(23-5-3-4-6-28(23)35)30(38)34-27-14-25(32)19(11-26(27)33)12-29(37)36-15-22(41-2)13-20(36)17-42-21-9-7-18(8-10-21)31(39)40/h3-6,11,14,16,18,20-22H,7-10,12-13,15,17H2,1-2H3,(H,34,38)(H,39,40)/p-1/t18?,20-,21?,22-/m0/s1. The van der Waals surface area contributed by atoms with E-state index in [1.54, 1.807) is 30.3 Å². The number of aryl methyl sites for hydroxylation is 1. The SMILES string of the molecule is CO[C@H]1C[C@@H](COC2CCC(C(=O)[O-])CC2)N(C(=O)Cc2cc(Cl)c(NC(=O)c3cn(C)c4ccccc34)cc2Cl)C1. The third kappa shape index (κ3) is 6.59. The second kappa shape index (κ2) is 13.0. The highest BCUT2D eigenvalue weighted by Gasteiger charge is 2.36. The number of hydrogen-bond donors (Lipinski definition) is 1. The Morgan fingerprint density at radius 2 is 1.79 bits per heavy atom. The van der Waals surface area contributed by atoms with Gasteiger partial charge < -0.3 is 34.2 Å². The molecule has 0 radical (unpaired) electrons. The highest BCUT2D eigenvalue weighted by Crippen LogP contribution is 2.32. The van der Waals surface area contributed by atoms with Crippen LogP contribution in [0.25, 0.3) is 10.9 Å². The van der Waals surface area contributed by atoms with E-state index in [0.717, 1.165) is 10.9 Å². The number of carboxylic acids is 1. The maximum absolute atomic E-state index is 13.5. The summed E-state index contributed by atoms with van der Waals surface area (Å²) in [5, 5.41) is 15.4.